The molecule has 0 aromatic heterocycles. The summed E-state index contributed by atoms with van der Waals surface area (Å²) in [5, 5.41) is 0. The number of para-hydroxylation sites is 1. The number of nitrogens with zero attached hydrogens (tertiary/aromatic N) is 1. The maximum absolute atomic E-state index is 13.5. The number of benzene rings is 3. The first-order valence-corrected chi connectivity index (χ1v) is 10.5. The van der Waals surface area contributed by atoms with Crippen LogP contribution in [-0.2, 0) is 16.6 Å². The summed E-state index contributed by atoms with van der Waals surface area (Å²) >= 11 is 0. The van der Waals surface area contributed by atoms with Crippen LogP contribution in [0.5, 0.6) is 5.75 Å². The molecule has 3 heteroatoms. The van der Waals surface area contributed by atoms with Gasteiger partial charge in [-0.05, 0) is 55.2 Å². The fourth-order valence-electron chi connectivity index (χ4n) is 5.03. The van der Waals surface area contributed by atoms with E-state index in [1.165, 1.54) is 11.1 Å². The van der Waals surface area contributed by atoms with Crippen molar-refractivity contribution in [2.45, 2.75) is 44.6 Å². The Balaban J connectivity index is 1.74. The van der Waals surface area contributed by atoms with Crippen molar-refractivity contribution in [2.24, 2.45) is 0 Å². The van der Waals surface area contributed by atoms with Gasteiger partial charge in [-0.3, -0.25) is 4.79 Å². The Kier molecular flexibility index (Phi) is 5.15. The van der Waals surface area contributed by atoms with Gasteiger partial charge in [0.05, 0.1) is 13.5 Å². The molecule has 1 heterocycles. The van der Waals surface area contributed by atoms with Crippen LogP contribution >= 0.6 is 0 Å². The molecule has 0 saturated heterocycles. The van der Waals surface area contributed by atoms with E-state index in [0.29, 0.717) is 6.42 Å². The molecule has 0 saturated carbocycles. The number of methoxy groups -OCH3 is 1. The Bertz CT molecular complexity index is 1040. The van der Waals surface area contributed by atoms with E-state index in [-0.39, 0.29) is 16.9 Å². The van der Waals surface area contributed by atoms with Gasteiger partial charge in [-0.1, -0.05) is 67.6 Å². The van der Waals surface area contributed by atoms with E-state index >= 15 is 0 Å². The lowest BCUT2D eigenvalue weighted by Crippen LogP contribution is -2.56. The normalized spacial score (nSPS) is 19.8. The first kappa shape index (κ1) is 20.2. The Morgan fingerprint density at radius 3 is 2.20 bits per heavy atom. The quantitative estimate of drug-likeness (QED) is 0.558. The fraction of sp³-hybridized carbons (Fsp3) is 0.296. The number of carbonyl (C=O) groups excluding carboxylic acids is 1. The van der Waals surface area contributed by atoms with Gasteiger partial charge in [-0.2, -0.15) is 0 Å². The zero-order chi connectivity index (χ0) is 21.4. The minimum absolute atomic E-state index is 0.118. The van der Waals surface area contributed by atoms with Crippen LogP contribution in [0.15, 0.2) is 78.9 Å². The van der Waals surface area contributed by atoms with Crippen LogP contribution in [0.2, 0.25) is 0 Å². The molecule has 0 spiro atoms. The number of amides is 1. The average molecular weight is 400 g/mol. The maximum atomic E-state index is 13.5. The number of fused-ring (bicyclic) bond motifs is 1. The monoisotopic (exact) mass is 399 g/mol. The number of hydrogen-bond acceptors (Lipinski definition) is 2. The molecular formula is C27H29NO2. The van der Waals surface area contributed by atoms with Gasteiger partial charge in [0.2, 0.25) is 5.91 Å². The van der Waals surface area contributed by atoms with Gasteiger partial charge < -0.3 is 9.64 Å². The molecule has 1 aliphatic rings. The summed E-state index contributed by atoms with van der Waals surface area (Å²) in [6.07, 6.45) is 1.22. The predicted octanol–water partition coefficient (Wildman–Crippen LogP) is 5.76. The van der Waals surface area contributed by atoms with Crippen LogP contribution in [0.25, 0.3) is 0 Å². The van der Waals surface area contributed by atoms with E-state index in [1.807, 2.05) is 35.2 Å². The molecule has 1 atom stereocenters. The Hall–Kier alpha value is -3.07. The third kappa shape index (κ3) is 3.49. The number of carbonyl (C=O) groups is 1. The fourth-order valence-corrected chi connectivity index (χ4v) is 5.03. The third-order valence-corrected chi connectivity index (χ3v) is 6.31. The van der Waals surface area contributed by atoms with Crippen molar-refractivity contribution in [3.63, 3.8) is 0 Å². The summed E-state index contributed by atoms with van der Waals surface area (Å²) in [5.41, 5.74) is 4.02. The Labute approximate surface area is 179 Å². The van der Waals surface area contributed by atoms with Gasteiger partial charge in [0, 0.05) is 16.6 Å². The van der Waals surface area contributed by atoms with Crippen molar-refractivity contribution >= 4 is 11.6 Å². The summed E-state index contributed by atoms with van der Waals surface area (Å²) in [4.78, 5) is 15.6. The molecule has 154 valence electrons. The highest BCUT2D eigenvalue weighted by atomic mass is 16.5. The third-order valence-electron chi connectivity index (χ3n) is 6.31. The summed E-state index contributed by atoms with van der Waals surface area (Å²) in [6.45, 7) is 6.65. The molecule has 0 N–H and O–H groups in total. The lowest BCUT2D eigenvalue weighted by molar-refractivity contribution is -0.119. The molecule has 0 fully saturated rings. The van der Waals surface area contributed by atoms with Crippen LogP contribution in [0.3, 0.4) is 0 Å². The van der Waals surface area contributed by atoms with Crippen LogP contribution in [0.4, 0.5) is 5.69 Å². The van der Waals surface area contributed by atoms with Crippen LogP contribution in [0, 0.1) is 0 Å². The van der Waals surface area contributed by atoms with E-state index < -0.39 is 0 Å². The van der Waals surface area contributed by atoms with Gasteiger partial charge in [0.15, 0.2) is 0 Å². The topological polar surface area (TPSA) is 29.5 Å². The van der Waals surface area contributed by atoms with Crippen molar-refractivity contribution in [1.29, 1.82) is 0 Å². The zero-order valence-corrected chi connectivity index (χ0v) is 18.2. The molecule has 3 aromatic rings. The molecule has 0 radical (unpaired) electrons. The van der Waals surface area contributed by atoms with E-state index in [1.54, 1.807) is 7.11 Å². The van der Waals surface area contributed by atoms with Gasteiger partial charge in [0.1, 0.15) is 5.75 Å². The molecular weight excluding hydrogens is 370 g/mol. The smallest absolute Gasteiger partial charge is 0.231 e. The second-order valence-corrected chi connectivity index (χ2v) is 8.96. The van der Waals surface area contributed by atoms with Crippen LogP contribution < -0.4 is 9.64 Å². The number of ether oxygens (including phenoxy) is 1. The standard InChI is InChI=1S/C27H29NO2/c1-26(2)19-27(3,21-10-6-5-7-11-21)23-12-8-9-13-24(23)28(26)25(29)18-20-14-16-22(30-4)17-15-20/h5-17H,18-19H2,1-4H3/t27-/m1/s1. The first-order valence-electron chi connectivity index (χ1n) is 10.5. The average Bonchev–Trinajstić information content (AvgIpc) is 2.74. The molecule has 3 nitrogen and oxygen atoms in total. The number of hydrogen-bond donors (Lipinski definition) is 0. The van der Waals surface area contributed by atoms with E-state index in [0.717, 1.165) is 23.4 Å². The van der Waals surface area contributed by atoms with Crippen molar-refractivity contribution in [3.8, 4) is 5.75 Å². The van der Waals surface area contributed by atoms with Crippen molar-refractivity contribution in [1.82, 2.24) is 0 Å². The minimum Gasteiger partial charge on any atom is -0.497 e. The van der Waals surface area contributed by atoms with E-state index in [9.17, 15) is 4.79 Å². The molecule has 4 rings (SSSR count). The summed E-state index contributed by atoms with van der Waals surface area (Å²) < 4.78 is 5.24. The van der Waals surface area contributed by atoms with Crippen LogP contribution in [-0.4, -0.2) is 18.6 Å². The summed E-state index contributed by atoms with van der Waals surface area (Å²) in [6, 6.07) is 26.7. The molecule has 1 aliphatic heterocycles. The Morgan fingerprint density at radius 1 is 0.900 bits per heavy atom. The molecule has 0 bridgehead atoms. The van der Waals surface area contributed by atoms with Crippen molar-refractivity contribution in [2.75, 3.05) is 12.0 Å². The predicted molar refractivity (Wildman–Crippen MR) is 122 cm³/mol. The maximum Gasteiger partial charge on any atom is 0.231 e. The highest BCUT2D eigenvalue weighted by molar-refractivity contribution is 5.98. The molecule has 0 aliphatic carbocycles. The first-order chi connectivity index (χ1) is 14.3. The van der Waals surface area contributed by atoms with Crippen LogP contribution in [0.1, 0.15) is 43.9 Å². The SMILES string of the molecule is COc1ccc(CC(=O)N2c3ccccc3[C@@](C)(c3ccccc3)CC2(C)C)cc1. The lowest BCUT2D eigenvalue weighted by atomic mass is 9.65. The van der Waals surface area contributed by atoms with Gasteiger partial charge in [0.25, 0.3) is 0 Å². The number of anilines is 1. The van der Waals surface area contributed by atoms with Gasteiger partial charge >= 0.3 is 0 Å². The largest absolute Gasteiger partial charge is 0.497 e. The highest BCUT2D eigenvalue weighted by Crippen LogP contribution is 2.50. The minimum atomic E-state index is -0.317. The summed E-state index contributed by atoms with van der Waals surface area (Å²) in [5.74, 6) is 0.918. The van der Waals surface area contributed by atoms with Gasteiger partial charge in [-0.15, -0.1) is 0 Å². The Morgan fingerprint density at radius 2 is 1.53 bits per heavy atom. The highest BCUT2D eigenvalue weighted by Gasteiger charge is 2.47. The zero-order valence-electron chi connectivity index (χ0n) is 18.2. The second-order valence-electron chi connectivity index (χ2n) is 8.96. The lowest BCUT2D eigenvalue weighted by Gasteiger charge is -2.51. The van der Waals surface area contributed by atoms with Gasteiger partial charge in [-0.25, -0.2) is 0 Å². The molecule has 30 heavy (non-hydrogen) atoms. The molecule has 1 amide bonds. The molecule has 3 aromatic carbocycles. The van der Waals surface area contributed by atoms with E-state index in [4.69, 9.17) is 4.74 Å². The second kappa shape index (κ2) is 7.64. The van der Waals surface area contributed by atoms with Crippen molar-refractivity contribution < 1.29 is 9.53 Å². The van der Waals surface area contributed by atoms with Crippen molar-refractivity contribution in [3.05, 3.63) is 95.6 Å². The number of rotatable bonds is 4. The summed E-state index contributed by atoms with van der Waals surface area (Å²) in [7, 11) is 1.65. The van der Waals surface area contributed by atoms with E-state index in [2.05, 4.69) is 69.3 Å². The molecule has 0 unspecified atom stereocenters.